The van der Waals surface area contributed by atoms with Crippen LogP contribution in [0.2, 0.25) is 0 Å². The van der Waals surface area contributed by atoms with Gasteiger partial charge >= 0.3 is 0 Å². The third-order valence-corrected chi connectivity index (χ3v) is 3.85. The van der Waals surface area contributed by atoms with Crippen LogP contribution in [0.5, 0.6) is 5.75 Å². The number of nitrogens with zero attached hydrogens (tertiary/aromatic N) is 1. The van der Waals surface area contributed by atoms with Crippen molar-refractivity contribution in [3.8, 4) is 5.75 Å². The van der Waals surface area contributed by atoms with Gasteiger partial charge in [-0.25, -0.2) is 0 Å². The standard InChI is InChI=1S/C19H31N3O3.2ClH/c1-19(2,3)21-18(23)15-25-17-6-4-16(5-7-17)14-20-8-9-22-10-12-24-13-11-22;;/h4-7,20H,8-15H2,1-3H3,(H,21,23);2*1H. The molecule has 1 aromatic carbocycles. The van der Waals surface area contributed by atoms with E-state index in [-0.39, 0.29) is 42.9 Å². The van der Waals surface area contributed by atoms with Gasteiger partial charge < -0.3 is 20.1 Å². The lowest BCUT2D eigenvalue weighted by Gasteiger charge is -2.26. The summed E-state index contributed by atoms with van der Waals surface area (Å²) in [6, 6.07) is 7.87. The van der Waals surface area contributed by atoms with E-state index in [4.69, 9.17) is 9.47 Å². The average molecular weight is 422 g/mol. The first-order chi connectivity index (χ1) is 11.9. The Kier molecular flexibility index (Phi) is 12.7. The third-order valence-electron chi connectivity index (χ3n) is 3.85. The Bertz CT molecular complexity index is 530. The predicted molar refractivity (Wildman–Crippen MR) is 113 cm³/mol. The van der Waals surface area contributed by atoms with E-state index in [1.165, 1.54) is 5.56 Å². The maximum absolute atomic E-state index is 11.7. The molecule has 27 heavy (non-hydrogen) atoms. The summed E-state index contributed by atoms with van der Waals surface area (Å²) in [5, 5.41) is 6.33. The predicted octanol–water partition coefficient (Wildman–Crippen LogP) is 2.25. The molecule has 2 N–H and O–H groups in total. The maximum atomic E-state index is 11.7. The maximum Gasteiger partial charge on any atom is 0.258 e. The van der Waals surface area contributed by atoms with Crippen molar-refractivity contribution >= 4 is 30.7 Å². The molecule has 0 aliphatic carbocycles. The molecule has 1 fully saturated rings. The molecule has 8 heteroatoms. The van der Waals surface area contributed by atoms with E-state index in [2.05, 4.69) is 15.5 Å². The zero-order valence-electron chi connectivity index (χ0n) is 16.5. The Labute approximate surface area is 175 Å². The molecule has 1 saturated heterocycles. The highest BCUT2D eigenvalue weighted by Crippen LogP contribution is 2.12. The molecule has 0 radical (unpaired) electrons. The summed E-state index contributed by atoms with van der Waals surface area (Å²) >= 11 is 0. The minimum Gasteiger partial charge on any atom is -0.484 e. The smallest absolute Gasteiger partial charge is 0.258 e. The van der Waals surface area contributed by atoms with Gasteiger partial charge in [0, 0.05) is 38.3 Å². The van der Waals surface area contributed by atoms with Gasteiger partial charge in [0.05, 0.1) is 13.2 Å². The highest BCUT2D eigenvalue weighted by molar-refractivity contribution is 5.85. The topological polar surface area (TPSA) is 62.8 Å². The molecule has 1 aliphatic heterocycles. The first-order valence-electron chi connectivity index (χ1n) is 8.96. The van der Waals surface area contributed by atoms with Crippen molar-refractivity contribution in [1.82, 2.24) is 15.5 Å². The van der Waals surface area contributed by atoms with E-state index in [0.717, 1.165) is 45.9 Å². The second kappa shape index (κ2) is 13.2. The van der Waals surface area contributed by atoms with Gasteiger partial charge in [0.25, 0.3) is 5.91 Å². The van der Waals surface area contributed by atoms with E-state index < -0.39 is 0 Å². The lowest BCUT2D eigenvalue weighted by Crippen LogP contribution is -2.43. The molecule has 0 saturated carbocycles. The number of nitrogens with one attached hydrogen (secondary N) is 2. The van der Waals surface area contributed by atoms with Crippen molar-refractivity contribution < 1.29 is 14.3 Å². The first-order valence-corrected chi connectivity index (χ1v) is 8.96. The quantitative estimate of drug-likeness (QED) is 0.630. The van der Waals surface area contributed by atoms with Crippen LogP contribution in [0.3, 0.4) is 0 Å². The van der Waals surface area contributed by atoms with Crippen LogP contribution in [0.1, 0.15) is 26.3 Å². The summed E-state index contributed by atoms with van der Waals surface area (Å²) in [6.07, 6.45) is 0. The zero-order valence-corrected chi connectivity index (χ0v) is 18.1. The Hall–Kier alpha value is -1.05. The lowest BCUT2D eigenvalue weighted by atomic mass is 10.1. The number of halogens is 2. The number of benzene rings is 1. The van der Waals surface area contributed by atoms with Crippen molar-refractivity contribution in [2.24, 2.45) is 0 Å². The molecule has 0 atom stereocenters. The van der Waals surface area contributed by atoms with Gasteiger partial charge in [0.2, 0.25) is 0 Å². The second-order valence-corrected chi connectivity index (χ2v) is 7.36. The number of carbonyl (C=O) groups excluding carboxylic acids is 1. The molecule has 156 valence electrons. The van der Waals surface area contributed by atoms with Crippen LogP contribution in [0.15, 0.2) is 24.3 Å². The van der Waals surface area contributed by atoms with E-state index in [9.17, 15) is 4.79 Å². The molecule has 6 nitrogen and oxygen atoms in total. The van der Waals surface area contributed by atoms with Gasteiger partial charge in [-0.3, -0.25) is 9.69 Å². The number of carbonyl (C=O) groups is 1. The molecule has 2 rings (SSSR count). The monoisotopic (exact) mass is 421 g/mol. The number of ether oxygens (including phenoxy) is 2. The van der Waals surface area contributed by atoms with Crippen LogP contribution in [0, 0.1) is 0 Å². The fourth-order valence-electron chi connectivity index (χ4n) is 2.60. The van der Waals surface area contributed by atoms with E-state index in [1.54, 1.807) is 0 Å². The van der Waals surface area contributed by atoms with Crippen LogP contribution >= 0.6 is 24.8 Å². The number of hydrogen-bond donors (Lipinski definition) is 2. The molecule has 0 spiro atoms. The molecule has 0 bridgehead atoms. The van der Waals surface area contributed by atoms with Crippen LogP contribution in [0.25, 0.3) is 0 Å². The average Bonchev–Trinajstić information content (AvgIpc) is 2.57. The summed E-state index contributed by atoms with van der Waals surface area (Å²) in [7, 11) is 0. The SMILES string of the molecule is CC(C)(C)NC(=O)COc1ccc(CNCCN2CCOCC2)cc1.Cl.Cl. The van der Waals surface area contributed by atoms with Gasteiger partial charge in [0.1, 0.15) is 5.75 Å². The van der Waals surface area contributed by atoms with Crippen molar-refractivity contribution in [3.63, 3.8) is 0 Å². The Morgan fingerprint density at radius 3 is 2.37 bits per heavy atom. The van der Waals surface area contributed by atoms with E-state index >= 15 is 0 Å². The van der Waals surface area contributed by atoms with Crippen LogP contribution < -0.4 is 15.4 Å². The fourth-order valence-corrected chi connectivity index (χ4v) is 2.60. The van der Waals surface area contributed by atoms with Gasteiger partial charge in [-0.15, -0.1) is 24.8 Å². The van der Waals surface area contributed by atoms with E-state index in [0.29, 0.717) is 5.75 Å². The van der Waals surface area contributed by atoms with Crippen LogP contribution in [0.4, 0.5) is 0 Å². The largest absolute Gasteiger partial charge is 0.484 e. The molecular weight excluding hydrogens is 389 g/mol. The molecule has 1 heterocycles. The summed E-state index contributed by atoms with van der Waals surface area (Å²) in [4.78, 5) is 14.2. The normalized spacial score (nSPS) is 14.6. The molecule has 0 unspecified atom stereocenters. The minimum atomic E-state index is -0.239. The molecule has 1 aliphatic rings. The van der Waals surface area contributed by atoms with Gasteiger partial charge in [-0.1, -0.05) is 12.1 Å². The summed E-state index contributed by atoms with van der Waals surface area (Å²) in [5.74, 6) is 0.600. The van der Waals surface area contributed by atoms with Gasteiger partial charge in [-0.05, 0) is 38.5 Å². The first kappa shape index (κ1) is 26.0. The number of hydrogen-bond acceptors (Lipinski definition) is 5. The summed E-state index contributed by atoms with van der Waals surface area (Å²) in [5.41, 5.74) is 0.963. The van der Waals surface area contributed by atoms with Crippen molar-refractivity contribution in [2.45, 2.75) is 32.9 Å². The van der Waals surface area contributed by atoms with E-state index in [1.807, 2.05) is 45.0 Å². The van der Waals surface area contributed by atoms with Gasteiger partial charge in [0.15, 0.2) is 6.61 Å². The third kappa shape index (κ3) is 11.4. The van der Waals surface area contributed by atoms with Crippen molar-refractivity contribution in [1.29, 1.82) is 0 Å². The molecule has 0 aromatic heterocycles. The summed E-state index contributed by atoms with van der Waals surface area (Å²) < 4.78 is 10.9. The Morgan fingerprint density at radius 1 is 1.15 bits per heavy atom. The second-order valence-electron chi connectivity index (χ2n) is 7.36. The minimum absolute atomic E-state index is 0. The zero-order chi connectivity index (χ0) is 18.1. The summed E-state index contributed by atoms with van der Waals surface area (Å²) in [6.45, 7) is 12.5. The van der Waals surface area contributed by atoms with Gasteiger partial charge in [-0.2, -0.15) is 0 Å². The fraction of sp³-hybridized carbons (Fsp3) is 0.632. The van der Waals surface area contributed by atoms with Crippen molar-refractivity contribution in [2.75, 3.05) is 46.0 Å². The Balaban J connectivity index is 0.00000338. The lowest BCUT2D eigenvalue weighted by molar-refractivity contribution is -0.124. The molecule has 1 aromatic rings. The number of morpholine rings is 1. The highest BCUT2D eigenvalue weighted by Gasteiger charge is 2.14. The number of rotatable bonds is 8. The van der Waals surface area contributed by atoms with Crippen molar-refractivity contribution in [3.05, 3.63) is 29.8 Å². The number of amides is 1. The van der Waals surface area contributed by atoms with Crippen LogP contribution in [-0.4, -0.2) is 62.3 Å². The molecular formula is C19H33Cl2N3O3. The van der Waals surface area contributed by atoms with Crippen LogP contribution in [-0.2, 0) is 16.1 Å². The molecule has 1 amide bonds. The Morgan fingerprint density at radius 2 is 1.78 bits per heavy atom. The highest BCUT2D eigenvalue weighted by atomic mass is 35.5.